The lowest BCUT2D eigenvalue weighted by Crippen LogP contribution is -2.39. The van der Waals surface area contributed by atoms with Crippen molar-refractivity contribution in [1.82, 2.24) is 10.6 Å². The molecule has 2 saturated carbocycles. The molecule has 0 bridgehead atoms. The van der Waals surface area contributed by atoms with Crippen LogP contribution in [-0.4, -0.2) is 52.0 Å². The molecule has 0 atom stereocenters. The number of guanidine groups is 1. The third kappa shape index (κ3) is 7.53. The maximum absolute atomic E-state index is 5.93. The third-order valence-electron chi connectivity index (χ3n) is 5.69. The number of rotatable bonds is 11. The molecule has 0 aromatic rings. The van der Waals surface area contributed by atoms with Gasteiger partial charge in [0.15, 0.2) is 5.96 Å². The van der Waals surface area contributed by atoms with Gasteiger partial charge in [0, 0.05) is 40.0 Å². The van der Waals surface area contributed by atoms with Crippen molar-refractivity contribution in [3.05, 3.63) is 0 Å². The van der Waals surface area contributed by atoms with Crippen molar-refractivity contribution in [3.8, 4) is 0 Å². The summed E-state index contributed by atoms with van der Waals surface area (Å²) < 4.78 is 11.3. The number of hydrogen-bond acceptors (Lipinski definition) is 3. The average molecular weight is 354 g/mol. The Bertz CT molecular complexity index is 375. The van der Waals surface area contributed by atoms with Crippen LogP contribution in [0.3, 0.4) is 0 Å². The van der Waals surface area contributed by atoms with E-state index in [-0.39, 0.29) is 0 Å². The van der Waals surface area contributed by atoms with E-state index in [2.05, 4.69) is 17.6 Å². The van der Waals surface area contributed by atoms with Crippen LogP contribution >= 0.6 is 0 Å². The maximum atomic E-state index is 5.93. The highest BCUT2D eigenvalue weighted by Gasteiger charge is 2.33. The van der Waals surface area contributed by atoms with Crippen molar-refractivity contribution in [2.45, 2.75) is 77.2 Å². The van der Waals surface area contributed by atoms with Crippen LogP contribution in [0, 0.1) is 5.41 Å². The highest BCUT2D eigenvalue weighted by Crippen LogP contribution is 2.41. The first-order valence-electron chi connectivity index (χ1n) is 10.4. The van der Waals surface area contributed by atoms with E-state index in [9.17, 15) is 0 Å². The van der Waals surface area contributed by atoms with Gasteiger partial charge in [0.1, 0.15) is 0 Å². The van der Waals surface area contributed by atoms with Crippen LogP contribution in [0.25, 0.3) is 0 Å². The molecule has 2 aliphatic rings. The Labute approximate surface area is 154 Å². The molecule has 2 rings (SSSR count). The molecule has 25 heavy (non-hydrogen) atoms. The molecule has 0 saturated heterocycles. The Hall–Kier alpha value is -0.810. The summed E-state index contributed by atoms with van der Waals surface area (Å²) in [4.78, 5) is 4.89. The van der Waals surface area contributed by atoms with Crippen LogP contribution in [0.5, 0.6) is 0 Å². The van der Waals surface area contributed by atoms with Crippen molar-refractivity contribution in [2.24, 2.45) is 10.4 Å². The van der Waals surface area contributed by atoms with Gasteiger partial charge < -0.3 is 20.1 Å². The summed E-state index contributed by atoms with van der Waals surface area (Å²) >= 11 is 0. The zero-order valence-electron chi connectivity index (χ0n) is 16.4. The normalized spacial score (nSPS) is 21.0. The van der Waals surface area contributed by atoms with Crippen molar-refractivity contribution < 1.29 is 9.47 Å². The van der Waals surface area contributed by atoms with Crippen LogP contribution in [0.1, 0.15) is 71.1 Å². The number of ether oxygens (including phenoxy) is 2. The SMILES string of the molecule is CCNC(=NCC1(CCOC)CCCC1)NCCCOC1CCCC1. The van der Waals surface area contributed by atoms with Crippen molar-refractivity contribution in [1.29, 1.82) is 0 Å². The van der Waals surface area contributed by atoms with E-state index in [4.69, 9.17) is 14.5 Å². The van der Waals surface area contributed by atoms with Gasteiger partial charge in [-0.25, -0.2) is 0 Å². The molecular formula is C20H39N3O2. The van der Waals surface area contributed by atoms with Gasteiger partial charge in [-0.3, -0.25) is 4.99 Å². The summed E-state index contributed by atoms with van der Waals surface area (Å²) in [7, 11) is 1.80. The Morgan fingerprint density at radius 2 is 1.84 bits per heavy atom. The fraction of sp³-hybridized carbons (Fsp3) is 0.950. The van der Waals surface area contributed by atoms with Crippen LogP contribution < -0.4 is 10.6 Å². The van der Waals surface area contributed by atoms with E-state index in [0.29, 0.717) is 11.5 Å². The van der Waals surface area contributed by atoms with Gasteiger partial charge >= 0.3 is 0 Å². The van der Waals surface area contributed by atoms with E-state index < -0.39 is 0 Å². The van der Waals surface area contributed by atoms with Gasteiger partial charge in [0.25, 0.3) is 0 Å². The first-order valence-corrected chi connectivity index (χ1v) is 10.4. The molecule has 0 amide bonds. The van der Waals surface area contributed by atoms with Gasteiger partial charge in [-0.05, 0) is 50.9 Å². The Balaban J connectivity index is 1.70. The quantitative estimate of drug-likeness (QED) is 0.339. The molecule has 0 aliphatic heterocycles. The molecule has 146 valence electrons. The van der Waals surface area contributed by atoms with Gasteiger partial charge in [-0.15, -0.1) is 0 Å². The Kier molecular flexibility index (Phi) is 9.63. The summed E-state index contributed by atoms with van der Waals surface area (Å²) in [6.07, 6.45) is 13.1. The molecule has 0 radical (unpaired) electrons. The second-order valence-electron chi connectivity index (χ2n) is 7.70. The molecule has 2 N–H and O–H groups in total. The highest BCUT2D eigenvalue weighted by atomic mass is 16.5. The van der Waals surface area contributed by atoms with Crippen molar-refractivity contribution in [3.63, 3.8) is 0 Å². The molecule has 2 aliphatic carbocycles. The Morgan fingerprint density at radius 3 is 2.52 bits per heavy atom. The highest BCUT2D eigenvalue weighted by molar-refractivity contribution is 5.79. The molecule has 0 spiro atoms. The molecule has 0 unspecified atom stereocenters. The van der Waals surface area contributed by atoms with Crippen LogP contribution in [0.2, 0.25) is 0 Å². The lowest BCUT2D eigenvalue weighted by Gasteiger charge is -2.27. The third-order valence-corrected chi connectivity index (χ3v) is 5.69. The molecule has 5 heteroatoms. The predicted molar refractivity (Wildman–Crippen MR) is 104 cm³/mol. The maximum Gasteiger partial charge on any atom is 0.191 e. The fourth-order valence-electron chi connectivity index (χ4n) is 4.10. The predicted octanol–water partition coefficient (Wildman–Crippen LogP) is 3.49. The minimum Gasteiger partial charge on any atom is -0.385 e. The van der Waals surface area contributed by atoms with Crippen LogP contribution in [0.15, 0.2) is 4.99 Å². The zero-order valence-corrected chi connectivity index (χ0v) is 16.4. The summed E-state index contributed by atoms with van der Waals surface area (Å²) in [6, 6.07) is 0. The first kappa shape index (κ1) is 20.5. The Morgan fingerprint density at radius 1 is 1.08 bits per heavy atom. The monoisotopic (exact) mass is 353 g/mol. The summed E-state index contributed by atoms with van der Waals surface area (Å²) in [5, 5.41) is 6.85. The van der Waals surface area contributed by atoms with Gasteiger partial charge in [0.2, 0.25) is 0 Å². The van der Waals surface area contributed by atoms with Crippen molar-refractivity contribution >= 4 is 5.96 Å². The van der Waals surface area contributed by atoms with Crippen LogP contribution in [0.4, 0.5) is 0 Å². The molecule has 0 aromatic heterocycles. The topological polar surface area (TPSA) is 54.9 Å². The van der Waals surface area contributed by atoms with Crippen LogP contribution in [-0.2, 0) is 9.47 Å². The minimum atomic E-state index is 0.351. The van der Waals surface area contributed by atoms with Gasteiger partial charge in [-0.1, -0.05) is 25.7 Å². The number of aliphatic imine (C=N–C) groups is 1. The lowest BCUT2D eigenvalue weighted by molar-refractivity contribution is 0.0574. The van der Waals surface area contributed by atoms with Crippen molar-refractivity contribution in [2.75, 3.05) is 40.0 Å². The molecule has 0 aromatic carbocycles. The fourth-order valence-corrected chi connectivity index (χ4v) is 4.10. The standard InChI is InChI=1S/C20H39N3O2/c1-3-21-19(22-14-8-15-25-18-9-4-5-10-18)23-17-20(13-16-24-2)11-6-7-12-20/h18H,3-17H2,1-2H3,(H2,21,22,23). The molecule has 2 fully saturated rings. The van der Waals surface area contributed by atoms with Gasteiger partial charge in [0.05, 0.1) is 6.10 Å². The number of hydrogen-bond donors (Lipinski definition) is 2. The minimum absolute atomic E-state index is 0.351. The van der Waals surface area contributed by atoms with Gasteiger partial charge in [-0.2, -0.15) is 0 Å². The van der Waals surface area contributed by atoms with E-state index in [1.165, 1.54) is 51.4 Å². The number of methoxy groups -OCH3 is 1. The smallest absolute Gasteiger partial charge is 0.191 e. The molecular weight excluding hydrogens is 314 g/mol. The van der Waals surface area contributed by atoms with E-state index >= 15 is 0 Å². The summed E-state index contributed by atoms with van der Waals surface area (Å²) in [5.74, 6) is 0.951. The lowest BCUT2D eigenvalue weighted by atomic mass is 9.83. The van der Waals surface area contributed by atoms with E-state index in [1.54, 1.807) is 7.11 Å². The second-order valence-corrected chi connectivity index (χ2v) is 7.70. The average Bonchev–Trinajstić information content (AvgIpc) is 3.30. The van der Waals surface area contributed by atoms with E-state index in [0.717, 1.165) is 51.6 Å². The number of nitrogens with one attached hydrogen (secondary N) is 2. The van der Waals surface area contributed by atoms with E-state index in [1.807, 2.05) is 0 Å². The zero-order chi connectivity index (χ0) is 17.8. The summed E-state index contributed by atoms with van der Waals surface area (Å²) in [6.45, 7) is 6.55. The number of nitrogens with zero attached hydrogens (tertiary/aromatic N) is 1. The largest absolute Gasteiger partial charge is 0.385 e. The second kappa shape index (κ2) is 11.7. The molecule has 5 nitrogen and oxygen atoms in total. The summed E-state index contributed by atoms with van der Waals surface area (Å²) in [5.41, 5.74) is 0.351. The first-order chi connectivity index (χ1) is 12.3. The molecule has 0 heterocycles.